The number of cyclic esters (lactones) is 2. The maximum absolute atomic E-state index is 11.0. The van der Waals surface area contributed by atoms with Crippen molar-refractivity contribution in [2.45, 2.75) is 25.4 Å². The number of carboxylic acids is 1. The lowest BCUT2D eigenvalue weighted by molar-refractivity contribution is 0.0443. The molecule has 42 heavy (non-hydrogen) atoms. The van der Waals surface area contributed by atoms with Gasteiger partial charge in [-0.2, -0.15) is 0 Å². The van der Waals surface area contributed by atoms with E-state index in [0.717, 1.165) is 29.7 Å². The van der Waals surface area contributed by atoms with E-state index in [1.807, 2.05) is 54.6 Å². The second kappa shape index (κ2) is 13.3. The summed E-state index contributed by atoms with van der Waals surface area (Å²) in [5, 5.41) is 18.1. The molecule has 4 aromatic rings. The zero-order valence-corrected chi connectivity index (χ0v) is 23.7. The molecule has 0 bridgehead atoms. The Morgan fingerprint density at radius 1 is 0.857 bits per heavy atom. The molecule has 0 saturated carbocycles. The number of carbonyl (C=O) groups is 3. The van der Waals surface area contributed by atoms with Crippen LogP contribution in [0.15, 0.2) is 97.1 Å². The molecule has 1 atom stereocenters. The second-order valence-corrected chi connectivity index (χ2v) is 10.3. The van der Waals surface area contributed by atoms with Crippen LogP contribution in [0.1, 0.15) is 56.0 Å². The van der Waals surface area contributed by atoms with E-state index in [4.69, 9.17) is 26.2 Å². The summed E-state index contributed by atoms with van der Waals surface area (Å²) >= 11 is 5.27. The van der Waals surface area contributed by atoms with Gasteiger partial charge in [-0.3, -0.25) is 0 Å². The topological polar surface area (TPSA) is 123 Å². The van der Waals surface area contributed by atoms with Gasteiger partial charge in [0.1, 0.15) is 17.2 Å². The fraction of sp³-hybridized carbons (Fsp3) is 0.182. The number of fused-ring (bicyclic) bond motifs is 1. The van der Waals surface area contributed by atoms with Crippen molar-refractivity contribution in [1.82, 2.24) is 0 Å². The Kier molecular flexibility index (Phi) is 9.62. The van der Waals surface area contributed by atoms with E-state index >= 15 is 0 Å². The number of hydrogen-bond donors (Lipinski definition) is 2. The number of carbonyl (C=O) groups excluding carboxylic acids is 2. The third kappa shape index (κ3) is 7.75. The molecule has 0 spiro atoms. The molecular formula is C33H29ClO8. The van der Waals surface area contributed by atoms with Crippen molar-refractivity contribution in [1.29, 1.82) is 0 Å². The smallest absolute Gasteiger partial charge is 0.346 e. The number of epoxide rings is 1. The molecule has 0 radical (unpaired) electrons. The lowest BCUT2D eigenvalue weighted by Gasteiger charge is -2.26. The minimum Gasteiger partial charge on any atom is -0.508 e. The quantitative estimate of drug-likeness (QED) is 0.109. The van der Waals surface area contributed by atoms with Gasteiger partial charge in [0, 0.05) is 5.41 Å². The lowest BCUT2D eigenvalue weighted by atomic mass is 9.78. The number of hydrogen-bond acceptors (Lipinski definition) is 7. The summed E-state index contributed by atoms with van der Waals surface area (Å²) in [5.74, 6) is -0.0781. The molecule has 2 aliphatic rings. The van der Waals surface area contributed by atoms with Gasteiger partial charge >= 0.3 is 17.9 Å². The van der Waals surface area contributed by atoms with Crippen molar-refractivity contribution in [2.75, 3.05) is 12.5 Å². The number of phenols is 1. The minimum atomic E-state index is -1.15. The Labute approximate surface area is 248 Å². The highest BCUT2D eigenvalue weighted by Crippen LogP contribution is 2.34. The number of aromatic carboxylic acids is 1. The summed E-state index contributed by atoms with van der Waals surface area (Å²) in [6, 6.07) is 28.9. The molecule has 6 rings (SSSR count). The van der Waals surface area contributed by atoms with Crippen molar-refractivity contribution >= 4 is 29.5 Å². The van der Waals surface area contributed by atoms with Gasteiger partial charge in [-0.1, -0.05) is 56.3 Å². The lowest BCUT2D eigenvalue weighted by Crippen LogP contribution is -2.18. The highest BCUT2D eigenvalue weighted by atomic mass is 35.5. The Hall–Kier alpha value is -4.66. The Bertz CT molecular complexity index is 1540. The second-order valence-electron chi connectivity index (χ2n) is 9.96. The number of esters is 2. The molecule has 0 aromatic heterocycles. The first-order valence-electron chi connectivity index (χ1n) is 13.0. The number of halogens is 1. The van der Waals surface area contributed by atoms with Gasteiger partial charge in [0.05, 0.1) is 35.3 Å². The van der Waals surface area contributed by atoms with Crippen molar-refractivity contribution in [3.8, 4) is 17.2 Å². The molecule has 4 aromatic carbocycles. The third-order valence-electron chi connectivity index (χ3n) is 6.61. The molecule has 8 nitrogen and oxygen atoms in total. The van der Waals surface area contributed by atoms with Gasteiger partial charge in [0.25, 0.3) is 0 Å². The maximum Gasteiger partial charge on any atom is 0.346 e. The third-order valence-corrected chi connectivity index (χ3v) is 6.95. The number of phenolic OH excluding ortho intramolecular Hbond substituents is 1. The van der Waals surface area contributed by atoms with Crippen LogP contribution in [0.2, 0.25) is 0 Å². The van der Waals surface area contributed by atoms with Crippen LogP contribution in [-0.4, -0.2) is 46.7 Å². The number of carboxylic acid groups (broad SMARTS) is 1. The Morgan fingerprint density at radius 3 is 1.93 bits per heavy atom. The standard InChI is InChI=1S/C21H20O2.C9H4O5.C3H5ClO/c1-21(2,16-8-12-18(22)13-9-16)17-10-14-20(15-11-17)23-19-6-4-3-5-7-19;10-7(11)4-1-2-5-6(3-4)9(13)14-8(5)12;4-1-3-2-5-3/h3-15,22H,1-2H3;1-3H,(H,10,11);3H,1-2H2. The highest BCUT2D eigenvalue weighted by molar-refractivity contribution is 6.18. The summed E-state index contributed by atoms with van der Waals surface area (Å²) in [7, 11) is 0. The summed E-state index contributed by atoms with van der Waals surface area (Å²) in [4.78, 5) is 32.5. The number of alkyl halides is 1. The summed E-state index contributed by atoms with van der Waals surface area (Å²) in [5.41, 5.74) is 2.29. The van der Waals surface area contributed by atoms with Crippen LogP contribution in [-0.2, 0) is 14.9 Å². The minimum absolute atomic E-state index is 0.00917. The zero-order chi connectivity index (χ0) is 30.3. The summed E-state index contributed by atoms with van der Waals surface area (Å²) in [6.07, 6.45) is 0.400. The van der Waals surface area contributed by atoms with Gasteiger partial charge in [-0.05, 0) is 65.7 Å². The first-order chi connectivity index (χ1) is 20.1. The average Bonchev–Trinajstić information content (AvgIpc) is 3.79. The molecular weight excluding hydrogens is 560 g/mol. The molecule has 2 heterocycles. The van der Waals surface area contributed by atoms with Crippen LogP contribution in [0.3, 0.4) is 0 Å². The molecule has 2 aliphatic heterocycles. The van der Waals surface area contributed by atoms with E-state index in [1.54, 1.807) is 12.1 Å². The van der Waals surface area contributed by atoms with Gasteiger partial charge in [-0.25, -0.2) is 14.4 Å². The van der Waals surface area contributed by atoms with E-state index in [2.05, 4.69) is 30.7 Å². The highest BCUT2D eigenvalue weighted by Gasteiger charge is 2.30. The maximum atomic E-state index is 11.0. The molecule has 1 saturated heterocycles. The SMILES string of the molecule is CC(C)(c1ccc(O)cc1)c1ccc(Oc2ccccc2)cc1.ClCC1CO1.O=C(O)c1ccc2c(c1)C(=O)OC2=O. The molecule has 1 fully saturated rings. The summed E-state index contributed by atoms with van der Waals surface area (Å²) in [6.45, 7) is 5.22. The van der Waals surface area contributed by atoms with Crippen LogP contribution < -0.4 is 4.74 Å². The fourth-order valence-electron chi connectivity index (χ4n) is 3.98. The molecule has 1 unspecified atom stereocenters. The molecule has 2 N–H and O–H groups in total. The largest absolute Gasteiger partial charge is 0.508 e. The van der Waals surface area contributed by atoms with E-state index in [1.165, 1.54) is 17.7 Å². The van der Waals surface area contributed by atoms with Gasteiger partial charge in [0.2, 0.25) is 0 Å². The van der Waals surface area contributed by atoms with Crippen molar-refractivity contribution in [2.24, 2.45) is 0 Å². The first kappa shape index (κ1) is 30.3. The van der Waals surface area contributed by atoms with E-state index in [9.17, 15) is 19.5 Å². The predicted molar refractivity (Wildman–Crippen MR) is 157 cm³/mol. The first-order valence-corrected chi connectivity index (χ1v) is 13.6. The van der Waals surface area contributed by atoms with Crippen molar-refractivity contribution < 1.29 is 38.8 Å². The van der Waals surface area contributed by atoms with Crippen LogP contribution in [0.4, 0.5) is 0 Å². The number of rotatable bonds is 6. The van der Waals surface area contributed by atoms with Crippen LogP contribution >= 0.6 is 11.6 Å². The number of ether oxygens (including phenoxy) is 3. The Balaban J connectivity index is 0.000000179. The van der Waals surface area contributed by atoms with Gasteiger partial charge in [0.15, 0.2) is 0 Å². The Morgan fingerprint density at radius 2 is 1.40 bits per heavy atom. The average molecular weight is 589 g/mol. The van der Waals surface area contributed by atoms with Crippen LogP contribution in [0.25, 0.3) is 0 Å². The number of benzene rings is 4. The van der Waals surface area contributed by atoms with Crippen molar-refractivity contribution in [3.63, 3.8) is 0 Å². The fourth-order valence-corrected chi connectivity index (χ4v) is 4.16. The molecule has 0 aliphatic carbocycles. The summed E-state index contributed by atoms with van der Waals surface area (Å²) < 4.78 is 14.9. The predicted octanol–water partition coefficient (Wildman–Crippen LogP) is 6.83. The van der Waals surface area contributed by atoms with E-state index in [0.29, 0.717) is 12.0 Å². The molecule has 216 valence electrons. The molecule has 9 heteroatoms. The van der Waals surface area contributed by atoms with E-state index in [-0.39, 0.29) is 27.9 Å². The number of para-hydroxylation sites is 1. The van der Waals surface area contributed by atoms with E-state index < -0.39 is 17.9 Å². The van der Waals surface area contributed by atoms with Crippen LogP contribution in [0.5, 0.6) is 17.2 Å². The molecule has 0 amide bonds. The zero-order valence-electron chi connectivity index (χ0n) is 23.0. The number of aromatic hydroxyl groups is 1. The monoisotopic (exact) mass is 588 g/mol. The normalized spacial score (nSPS) is 14.8. The van der Waals surface area contributed by atoms with Crippen LogP contribution in [0, 0.1) is 0 Å². The van der Waals surface area contributed by atoms with Gasteiger partial charge in [-0.15, -0.1) is 11.6 Å². The van der Waals surface area contributed by atoms with Gasteiger partial charge < -0.3 is 24.4 Å². The van der Waals surface area contributed by atoms with Crippen molar-refractivity contribution in [3.05, 3.63) is 125 Å².